The van der Waals surface area contributed by atoms with Crippen molar-refractivity contribution in [2.75, 3.05) is 11.9 Å². The molecular weight excluding hydrogens is 260 g/mol. The van der Waals surface area contributed by atoms with Gasteiger partial charge in [-0.25, -0.2) is 0 Å². The Hall–Kier alpha value is -2.55. The third-order valence-electron chi connectivity index (χ3n) is 4.15. The molecule has 0 amide bonds. The van der Waals surface area contributed by atoms with E-state index in [1.54, 1.807) is 12.1 Å². The van der Waals surface area contributed by atoms with E-state index in [1.165, 1.54) is 11.3 Å². The molecule has 0 atom stereocenters. The van der Waals surface area contributed by atoms with Gasteiger partial charge in [-0.15, -0.1) is 0 Å². The van der Waals surface area contributed by atoms with Gasteiger partial charge in [0.2, 0.25) is 0 Å². The molecule has 0 unspecified atom stereocenters. The van der Waals surface area contributed by atoms with Gasteiger partial charge in [0.05, 0.1) is 5.52 Å². The highest BCUT2D eigenvalue weighted by Crippen LogP contribution is 2.39. The zero-order valence-corrected chi connectivity index (χ0v) is 11.9. The minimum Gasteiger partial charge on any atom is -0.508 e. The fraction of sp³-hybridized carbons (Fsp3) is 0.167. The van der Waals surface area contributed by atoms with Crippen molar-refractivity contribution in [2.24, 2.45) is 0 Å². The van der Waals surface area contributed by atoms with E-state index in [9.17, 15) is 5.11 Å². The number of nitrogens with one attached hydrogen (secondary N) is 1. The molecule has 0 spiro atoms. The molecule has 3 nitrogen and oxygen atoms in total. The number of pyridine rings is 1. The van der Waals surface area contributed by atoms with Crippen LogP contribution in [0.1, 0.15) is 11.3 Å². The number of hydrogen-bond acceptors (Lipinski definition) is 3. The van der Waals surface area contributed by atoms with Crippen LogP contribution in [0, 0.1) is 6.92 Å². The summed E-state index contributed by atoms with van der Waals surface area (Å²) in [5.74, 6) is 0.286. The number of benzene rings is 2. The third kappa shape index (κ3) is 1.85. The topological polar surface area (TPSA) is 45.2 Å². The van der Waals surface area contributed by atoms with Crippen LogP contribution in [0.4, 0.5) is 5.69 Å². The first-order valence-corrected chi connectivity index (χ1v) is 7.19. The molecule has 3 aromatic rings. The van der Waals surface area contributed by atoms with E-state index in [1.807, 2.05) is 18.2 Å². The van der Waals surface area contributed by atoms with E-state index in [-0.39, 0.29) is 5.75 Å². The first-order valence-electron chi connectivity index (χ1n) is 7.19. The lowest BCUT2D eigenvalue weighted by atomic mass is 9.97. The van der Waals surface area contributed by atoms with Crippen LogP contribution in [-0.2, 0) is 6.42 Å². The van der Waals surface area contributed by atoms with Crippen molar-refractivity contribution in [2.45, 2.75) is 13.3 Å². The Kier molecular flexibility index (Phi) is 2.61. The van der Waals surface area contributed by atoms with Crippen molar-refractivity contribution in [1.29, 1.82) is 0 Å². The van der Waals surface area contributed by atoms with Crippen LogP contribution in [0.3, 0.4) is 0 Å². The molecule has 104 valence electrons. The maximum Gasteiger partial charge on any atom is 0.116 e. The number of phenolic OH excluding ortho intramolecular Hbond substituents is 1. The van der Waals surface area contributed by atoms with Gasteiger partial charge in [0.15, 0.2) is 0 Å². The predicted octanol–water partition coefficient (Wildman–Crippen LogP) is 3.88. The van der Waals surface area contributed by atoms with E-state index < -0.39 is 0 Å². The van der Waals surface area contributed by atoms with E-state index in [0.29, 0.717) is 0 Å². The molecule has 0 bridgehead atoms. The molecule has 4 rings (SSSR count). The van der Waals surface area contributed by atoms with E-state index in [0.717, 1.165) is 40.7 Å². The van der Waals surface area contributed by atoms with Crippen molar-refractivity contribution in [3.63, 3.8) is 0 Å². The van der Waals surface area contributed by atoms with Crippen LogP contribution in [0.2, 0.25) is 0 Å². The van der Waals surface area contributed by atoms with Gasteiger partial charge in [-0.05, 0) is 48.2 Å². The molecule has 2 heterocycles. The molecule has 1 aromatic heterocycles. The number of aromatic nitrogens is 1. The zero-order valence-electron chi connectivity index (χ0n) is 11.9. The standard InChI is InChI=1S/C18H16N2O/c1-11-14-8-9-19-18(14)17-15(6-3-7-16(17)20-11)12-4-2-5-13(21)10-12/h2-7,10,19,21H,8-9H2,1H3. The Labute approximate surface area is 123 Å². The van der Waals surface area contributed by atoms with Gasteiger partial charge < -0.3 is 10.4 Å². The number of aryl methyl sites for hydroxylation is 1. The number of anilines is 1. The first-order chi connectivity index (χ1) is 10.2. The fourth-order valence-corrected chi connectivity index (χ4v) is 3.20. The Morgan fingerprint density at radius 1 is 1.14 bits per heavy atom. The molecule has 21 heavy (non-hydrogen) atoms. The van der Waals surface area contributed by atoms with Crippen molar-refractivity contribution in [3.8, 4) is 16.9 Å². The summed E-state index contributed by atoms with van der Waals surface area (Å²) in [6, 6.07) is 13.6. The maximum atomic E-state index is 9.75. The number of aromatic hydroxyl groups is 1. The van der Waals surface area contributed by atoms with Gasteiger partial charge >= 0.3 is 0 Å². The number of rotatable bonds is 1. The molecule has 1 aliphatic heterocycles. The molecular formula is C18H16N2O. The Morgan fingerprint density at radius 2 is 2.00 bits per heavy atom. The molecule has 2 aromatic carbocycles. The minimum absolute atomic E-state index is 0.286. The van der Waals surface area contributed by atoms with Gasteiger partial charge in [0.1, 0.15) is 5.75 Å². The van der Waals surface area contributed by atoms with E-state index in [2.05, 4.69) is 24.4 Å². The monoisotopic (exact) mass is 276 g/mol. The molecule has 3 heteroatoms. The minimum atomic E-state index is 0.286. The summed E-state index contributed by atoms with van der Waals surface area (Å²) < 4.78 is 0. The fourth-order valence-electron chi connectivity index (χ4n) is 3.20. The van der Waals surface area contributed by atoms with Gasteiger partial charge in [-0.3, -0.25) is 4.98 Å². The van der Waals surface area contributed by atoms with Crippen LogP contribution in [0.5, 0.6) is 5.75 Å². The lowest BCUT2D eigenvalue weighted by Gasteiger charge is -2.13. The third-order valence-corrected chi connectivity index (χ3v) is 4.15. The Morgan fingerprint density at radius 3 is 2.86 bits per heavy atom. The highest BCUT2D eigenvalue weighted by molar-refractivity contribution is 6.05. The molecule has 0 saturated carbocycles. The quantitative estimate of drug-likeness (QED) is 0.709. The van der Waals surface area contributed by atoms with Crippen LogP contribution in [0.25, 0.3) is 22.0 Å². The van der Waals surface area contributed by atoms with Crippen LogP contribution < -0.4 is 5.32 Å². The second-order valence-corrected chi connectivity index (χ2v) is 5.48. The summed E-state index contributed by atoms with van der Waals surface area (Å²) in [4.78, 5) is 4.75. The SMILES string of the molecule is Cc1nc2cccc(-c3cccc(O)c3)c2c2c1CCN2. The van der Waals surface area contributed by atoms with Crippen molar-refractivity contribution < 1.29 is 5.11 Å². The van der Waals surface area contributed by atoms with Crippen molar-refractivity contribution >= 4 is 16.6 Å². The molecule has 2 N–H and O–H groups in total. The maximum absolute atomic E-state index is 9.75. The van der Waals surface area contributed by atoms with Gasteiger partial charge in [0.25, 0.3) is 0 Å². The second-order valence-electron chi connectivity index (χ2n) is 5.48. The second kappa shape index (κ2) is 4.48. The zero-order chi connectivity index (χ0) is 14.4. The van der Waals surface area contributed by atoms with Crippen LogP contribution in [-0.4, -0.2) is 16.6 Å². The lowest BCUT2D eigenvalue weighted by Crippen LogP contribution is -1.95. The molecule has 1 aliphatic rings. The largest absolute Gasteiger partial charge is 0.508 e. The van der Waals surface area contributed by atoms with Gasteiger partial charge in [0, 0.05) is 23.3 Å². The predicted molar refractivity (Wildman–Crippen MR) is 85.8 cm³/mol. The summed E-state index contributed by atoms with van der Waals surface area (Å²) >= 11 is 0. The molecule has 0 saturated heterocycles. The number of phenols is 1. The summed E-state index contributed by atoms with van der Waals surface area (Å²) in [6.07, 6.45) is 1.03. The Balaban J connectivity index is 2.09. The van der Waals surface area contributed by atoms with E-state index in [4.69, 9.17) is 4.98 Å². The first kappa shape index (κ1) is 12.2. The molecule has 0 aliphatic carbocycles. The lowest BCUT2D eigenvalue weighted by molar-refractivity contribution is 0.475. The van der Waals surface area contributed by atoms with Crippen LogP contribution in [0.15, 0.2) is 42.5 Å². The molecule has 0 fully saturated rings. The normalized spacial score (nSPS) is 13.2. The molecule has 0 radical (unpaired) electrons. The highest BCUT2D eigenvalue weighted by Gasteiger charge is 2.19. The van der Waals surface area contributed by atoms with Gasteiger partial charge in [-0.2, -0.15) is 0 Å². The summed E-state index contributed by atoms with van der Waals surface area (Å²) in [6.45, 7) is 3.04. The summed E-state index contributed by atoms with van der Waals surface area (Å²) in [7, 11) is 0. The average Bonchev–Trinajstić information content (AvgIpc) is 2.97. The average molecular weight is 276 g/mol. The summed E-state index contributed by atoms with van der Waals surface area (Å²) in [5, 5.41) is 14.4. The number of hydrogen-bond donors (Lipinski definition) is 2. The number of fused-ring (bicyclic) bond motifs is 3. The van der Waals surface area contributed by atoms with Crippen LogP contribution >= 0.6 is 0 Å². The summed E-state index contributed by atoms with van der Waals surface area (Å²) in [5.41, 5.74) is 6.76. The van der Waals surface area contributed by atoms with Crippen molar-refractivity contribution in [3.05, 3.63) is 53.7 Å². The smallest absolute Gasteiger partial charge is 0.116 e. The van der Waals surface area contributed by atoms with Gasteiger partial charge in [-0.1, -0.05) is 24.3 Å². The van der Waals surface area contributed by atoms with Crippen molar-refractivity contribution in [1.82, 2.24) is 4.98 Å². The van der Waals surface area contributed by atoms with E-state index >= 15 is 0 Å². The Bertz CT molecular complexity index is 855. The highest BCUT2D eigenvalue weighted by atomic mass is 16.3. The number of nitrogens with zero attached hydrogens (tertiary/aromatic N) is 1.